The maximum Gasteiger partial charge on any atom is 0.0653 e. The topological polar surface area (TPSA) is 44.4 Å². The van der Waals surface area contributed by atoms with E-state index in [4.69, 9.17) is 4.74 Å². The zero-order valence-corrected chi connectivity index (χ0v) is 12.9. The molecule has 5 heteroatoms. The van der Waals surface area contributed by atoms with Crippen molar-refractivity contribution in [1.29, 1.82) is 0 Å². The number of ether oxygens (including phenoxy) is 1. The van der Waals surface area contributed by atoms with Crippen LogP contribution in [0.1, 0.15) is 12.5 Å². The van der Waals surface area contributed by atoms with Crippen molar-refractivity contribution in [3.05, 3.63) is 30.0 Å². The summed E-state index contributed by atoms with van der Waals surface area (Å²) in [5.41, 5.74) is 2.48. The number of H-pyrrole nitrogens is 1. The van der Waals surface area contributed by atoms with Crippen molar-refractivity contribution in [2.75, 3.05) is 39.9 Å². The van der Waals surface area contributed by atoms with Gasteiger partial charge >= 0.3 is 0 Å². The highest BCUT2D eigenvalue weighted by Gasteiger charge is 2.23. The predicted molar refractivity (Wildman–Crippen MR) is 84.3 cm³/mol. The van der Waals surface area contributed by atoms with Gasteiger partial charge in [0, 0.05) is 51.3 Å². The molecule has 2 aromatic rings. The molecule has 0 spiro atoms. The molecule has 0 bridgehead atoms. The highest BCUT2D eigenvalue weighted by Crippen LogP contribution is 2.16. The molecule has 0 radical (unpaired) electrons. The molecular weight excluding hydrogens is 264 g/mol. The van der Waals surface area contributed by atoms with E-state index in [2.05, 4.69) is 45.1 Å². The summed E-state index contributed by atoms with van der Waals surface area (Å²) in [7, 11) is 1.77. The van der Waals surface area contributed by atoms with Crippen LogP contribution in [0.25, 0.3) is 10.9 Å². The number of methoxy groups -OCH3 is 1. The normalized spacial score (nSPS) is 21.1. The number of hydrogen-bond donors (Lipinski definition) is 1. The molecule has 5 nitrogen and oxygen atoms in total. The summed E-state index contributed by atoms with van der Waals surface area (Å²) in [6.45, 7) is 8.53. The second-order valence-corrected chi connectivity index (χ2v) is 5.90. The summed E-state index contributed by atoms with van der Waals surface area (Å²) in [6, 6.07) is 7.15. The van der Waals surface area contributed by atoms with Gasteiger partial charge in [-0.05, 0) is 18.6 Å². The third-order valence-corrected chi connectivity index (χ3v) is 4.34. The minimum Gasteiger partial charge on any atom is -0.383 e. The van der Waals surface area contributed by atoms with E-state index in [1.54, 1.807) is 7.11 Å². The van der Waals surface area contributed by atoms with Crippen molar-refractivity contribution in [3.8, 4) is 0 Å². The number of rotatable bonds is 5. The minimum atomic E-state index is 0.588. The van der Waals surface area contributed by atoms with Crippen LogP contribution in [0.3, 0.4) is 0 Å². The molecule has 0 aliphatic carbocycles. The van der Waals surface area contributed by atoms with Crippen LogP contribution in [0.4, 0.5) is 0 Å². The summed E-state index contributed by atoms with van der Waals surface area (Å²) in [5.74, 6) is 0. The molecule has 114 valence electrons. The maximum atomic E-state index is 5.18. The molecule has 2 heterocycles. The number of nitrogens with one attached hydrogen (secondary N) is 1. The van der Waals surface area contributed by atoms with Gasteiger partial charge in [-0.2, -0.15) is 5.10 Å². The molecular formula is C16H24N4O. The molecule has 1 unspecified atom stereocenters. The van der Waals surface area contributed by atoms with Gasteiger partial charge in [-0.15, -0.1) is 0 Å². The van der Waals surface area contributed by atoms with Crippen LogP contribution < -0.4 is 0 Å². The van der Waals surface area contributed by atoms with Crippen LogP contribution in [0.15, 0.2) is 24.4 Å². The standard InChI is InChI=1S/C16H24N4O/c1-13-11-19(5-6-20(13)7-8-21-2)12-14-3-4-15-10-17-18-16(15)9-14/h3-4,9-10,13H,5-8,11-12H2,1-2H3,(H,17,18). The number of aromatic amines is 1. The van der Waals surface area contributed by atoms with Crippen LogP contribution in [0.5, 0.6) is 0 Å². The third kappa shape index (κ3) is 3.43. The van der Waals surface area contributed by atoms with Gasteiger partial charge in [0.25, 0.3) is 0 Å². The first kappa shape index (κ1) is 14.5. The van der Waals surface area contributed by atoms with Crippen LogP contribution >= 0.6 is 0 Å². The second kappa shape index (κ2) is 6.56. The number of piperazine rings is 1. The summed E-state index contributed by atoms with van der Waals surface area (Å²) in [5, 5.41) is 8.31. The van der Waals surface area contributed by atoms with Crippen molar-refractivity contribution in [2.24, 2.45) is 0 Å². The summed E-state index contributed by atoms with van der Waals surface area (Å²) in [6.07, 6.45) is 1.87. The van der Waals surface area contributed by atoms with E-state index in [9.17, 15) is 0 Å². The molecule has 1 aromatic carbocycles. The fourth-order valence-electron chi connectivity index (χ4n) is 3.10. The minimum absolute atomic E-state index is 0.588. The fourth-order valence-corrected chi connectivity index (χ4v) is 3.10. The molecule has 0 amide bonds. The van der Waals surface area contributed by atoms with Gasteiger partial charge in [-0.25, -0.2) is 0 Å². The summed E-state index contributed by atoms with van der Waals surface area (Å²) in [4.78, 5) is 5.05. The summed E-state index contributed by atoms with van der Waals surface area (Å²) < 4.78 is 5.18. The highest BCUT2D eigenvalue weighted by atomic mass is 16.5. The quantitative estimate of drug-likeness (QED) is 0.910. The average Bonchev–Trinajstić information content (AvgIpc) is 2.94. The molecule has 1 aliphatic rings. The summed E-state index contributed by atoms with van der Waals surface area (Å²) >= 11 is 0. The Bertz CT molecular complexity index is 582. The zero-order valence-electron chi connectivity index (χ0n) is 12.9. The van der Waals surface area contributed by atoms with Crippen LogP contribution in [-0.2, 0) is 11.3 Å². The van der Waals surface area contributed by atoms with E-state index in [-0.39, 0.29) is 0 Å². The number of aromatic nitrogens is 2. The molecule has 1 aliphatic heterocycles. The van der Waals surface area contributed by atoms with Gasteiger partial charge in [0.15, 0.2) is 0 Å². The molecule has 3 rings (SSSR count). The van der Waals surface area contributed by atoms with E-state index < -0.39 is 0 Å². The lowest BCUT2D eigenvalue weighted by molar-refractivity contribution is 0.0557. The smallest absolute Gasteiger partial charge is 0.0653 e. The first-order valence-electron chi connectivity index (χ1n) is 7.63. The Hall–Kier alpha value is -1.43. The lowest BCUT2D eigenvalue weighted by atomic mass is 10.1. The first-order valence-corrected chi connectivity index (χ1v) is 7.63. The van der Waals surface area contributed by atoms with Gasteiger partial charge in [-0.1, -0.05) is 12.1 Å². The van der Waals surface area contributed by atoms with Crippen molar-refractivity contribution in [2.45, 2.75) is 19.5 Å². The third-order valence-electron chi connectivity index (χ3n) is 4.34. The van der Waals surface area contributed by atoms with E-state index in [1.165, 1.54) is 10.9 Å². The maximum absolute atomic E-state index is 5.18. The van der Waals surface area contributed by atoms with Crippen LogP contribution in [-0.4, -0.2) is 65.9 Å². The van der Waals surface area contributed by atoms with Crippen LogP contribution in [0, 0.1) is 0 Å². The number of fused-ring (bicyclic) bond motifs is 1. The van der Waals surface area contributed by atoms with Crippen LogP contribution in [0.2, 0.25) is 0 Å². The van der Waals surface area contributed by atoms with Gasteiger partial charge in [0.05, 0.1) is 18.3 Å². The van der Waals surface area contributed by atoms with E-state index in [1.807, 2.05) is 6.20 Å². The Labute approximate surface area is 125 Å². The Balaban J connectivity index is 1.58. The van der Waals surface area contributed by atoms with E-state index >= 15 is 0 Å². The monoisotopic (exact) mass is 288 g/mol. The number of nitrogens with zero attached hydrogens (tertiary/aromatic N) is 3. The molecule has 1 N–H and O–H groups in total. The van der Waals surface area contributed by atoms with Gasteiger partial charge in [0.1, 0.15) is 0 Å². The van der Waals surface area contributed by atoms with Crippen molar-refractivity contribution in [3.63, 3.8) is 0 Å². The van der Waals surface area contributed by atoms with Crippen molar-refractivity contribution in [1.82, 2.24) is 20.0 Å². The van der Waals surface area contributed by atoms with Crippen molar-refractivity contribution < 1.29 is 4.74 Å². The molecule has 1 fully saturated rings. The number of benzene rings is 1. The highest BCUT2D eigenvalue weighted by molar-refractivity contribution is 5.78. The first-order chi connectivity index (χ1) is 10.3. The van der Waals surface area contributed by atoms with Gasteiger partial charge in [0.2, 0.25) is 0 Å². The Morgan fingerprint density at radius 3 is 3.10 bits per heavy atom. The Morgan fingerprint density at radius 1 is 1.38 bits per heavy atom. The molecule has 0 saturated carbocycles. The Kier molecular flexibility index (Phi) is 4.53. The van der Waals surface area contributed by atoms with Crippen molar-refractivity contribution >= 4 is 10.9 Å². The lowest BCUT2D eigenvalue weighted by Crippen LogP contribution is -2.52. The molecule has 21 heavy (non-hydrogen) atoms. The Morgan fingerprint density at radius 2 is 2.29 bits per heavy atom. The average molecular weight is 288 g/mol. The molecule has 1 atom stereocenters. The number of hydrogen-bond acceptors (Lipinski definition) is 4. The van der Waals surface area contributed by atoms with E-state index in [0.29, 0.717) is 6.04 Å². The van der Waals surface area contributed by atoms with E-state index in [0.717, 1.165) is 44.8 Å². The SMILES string of the molecule is COCCN1CCN(Cc2ccc3cn[nH]c3c2)CC1C. The second-order valence-electron chi connectivity index (χ2n) is 5.90. The predicted octanol–water partition coefficient (Wildman–Crippen LogP) is 1.72. The molecule has 1 aromatic heterocycles. The molecule has 1 saturated heterocycles. The fraction of sp³-hybridized carbons (Fsp3) is 0.562. The van der Waals surface area contributed by atoms with Gasteiger partial charge in [-0.3, -0.25) is 14.9 Å². The zero-order chi connectivity index (χ0) is 14.7. The largest absolute Gasteiger partial charge is 0.383 e. The lowest BCUT2D eigenvalue weighted by Gasteiger charge is -2.39. The van der Waals surface area contributed by atoms with Gasteiger partial charge < -0.3 is 4.74 Å².